The van der Waals surface area contributed by atoms with Crippen LogP contribution in [0.3, 0.4) is 0 Å². The van der Waals surface area contributed by atoms with Gasteiger partial charge < -0.3 is 15.4 Å². The molecule has 4 nitrogen and oxygen atoms in total. The summed E-state index contributed by atoms with van der Waals surface area (Å²) in [5, 5.41) is 0.709. The molecule has 1 aliphatic carbocycles. The Morgan fingerprint density at radius 2 is 2.10 bits per heavy atom. The van der Waals surface area contributed by atoms with Crippen molar-refractivity contribution in [3.05, 3.63) is 16.0 Å². The molecule has 1 aromatic heterocycles. The zero-order valence-electron chi connectivity index (χ0n) is 12.9. The third-order valence-electron chi connectivity index (χ3n) is 4.79. The van der Waals surface area contributed by atoms with E-state index < -0.39 is 0 Å². The average Bonchev–Trinajstić information content (AvgIpc) is 2.82. The molecule has 0 radical (unpaired) electrons. The predicted molar refractivity (Wildman–Crippen MR) is 85.8 cm³/mol. The van der Waals surface area contributed by atoms with Crippen molar-refractivity contribution in [2.24, 2.45) is 11.8 Å². The molecule has 0 bridgehead atoms. The zero-order chi connectivity index (χ0) is 15.0. The van der Waals surface area contributed by atoms with Gasteiger partial charge in [0.15, 0.2) is 0 Å². The number of rotatable bonds is 2. The minimum absolute atomic E-state index is 0.108. The van der Waals surface area contributed by atoms with Gasteiger partial charge in [0.1, 0.15) is 0 Å². The van der Waals surface area contributed by atoms with Gasteiger partial charge in [-0.1, -0.05) is 13.8 Å². The molecule has 2 N–H and O–H groups in total. The second kappa shape index (κ2) is 5.97. The normalized spacial score (nSPS) is 22.4. The number of hydrogen-bond donors (Lipinski definition) is 1. The SMILES string of the molecule is CC(C)C1CCc2c(sc(N)c2C(=O)N2CCOCC2)C1. The van der Waals surface area contributed by atoms with Gasteiger partial charge >= 0.3 is 0 Å². The van der Waals surface area contributed by atoms with Gasteiger partial charge in [-0.05, 0) is 36.7 Å². The van der Waals surface area contributed by atoms with Crippen LogP contribution >= 0.6 is 11.3 Å². The Morgan fingerprint density at radius 1 is 1.38 bits per heavy atom. The summed E-state index contributed by atoms with van der Waals surface area (Å²) in [6, 6.07) is 0. The van der Waals surface area contributed by atoms with E-state index in [0.717, 1.165) is 24.3 Å². The van der Waals surface area contributed by atoms with E-state index in [9.17, 15) is 4.79 Å². The lowest BCUT2D eigenvalue weighted by atomic mass is 9.81. The van der Waals surface area contributed by atoms with Gasteiger partial charge in [0.2, 0.25) is 0 Å². The number of nitrogen functional groups attached to an aromatic ring is 1. The molecule has 1 unspecified atom stereocenters. The van der Waals surface area contributed by atoms with E-state index in [1.54, 1.807) is 11.3 Å². The summed E-state index contributed by atoms with van der Waals surface area (Å²) in [4.78, 5) is 16.0. The lowest BCUT2D eigenvalue weighted by molar-refractivity contribution is 0.0303. The summed E-state index contributed by atoms with van der Waals surface area (Å²) < 4.78 is 5.33. The Morgan fingerprint density at radius 3 is 2.76 bits per heavy atom. The fraction of sp³-hybridized carbons (Fsp3) is 0.688. The van der Waals surface area contributed by atoms with Crippen molar-refractivity contribution in [1.82, 2.24) is 4.90 Å². The number of thiophene rings is 1. The maximum Gasteiger partial charge on any atom is 0.257 e. The molecule has 2 aliphatic rings. The smallest absolute Gasteiger partial charge is 0.257 e. The molecular weight excluding hydrogens is 284 g/mol. The zero-order valence-corrected chi connectivity index (χ0v) is 13.7. The number of nitrogens with zero attached hydrogens (tertiary/aromatic N) is 1. The van der Waals surface area contributed by atoms with E-state index in [0.29, 0.717) is 37.2 Å². The number of anilines is 1. The van der Waals surface area contributed by atoms with Gasteiger partial charge in [-0.15, -0.1) is 11.3 Å². The van der Waals surface area contributed by atoms with Crippen LogP contribution in [-0.2, 0) is 17.6 Å². The Labute approximate surface area is 130 Å². The van der Waals surface area contributed by atoms with Crippen molar-refractivity contribution in [2.75, 3.05) is 32.0 Å². The van der Waals surface area contributed by atoms with E-state index in [-0.39, 0.29) is 5.91 Å². The molecule has 21 heavy (non-hydrogen) atoms. The Kier molecular flexibility index (Phi) is 4.22. The van der Waals surface area contributed by atoms with Crippen molar-refractivity contribution in [2.45, 2.75) is 33.1 Å². The van der Waals surface area contributed by atoms with Gasteiger partial charge in [-0.25, -0.2) is 0 Å². The van der Waals surface area contributed by atoms with Crippen LogP contribution in [0, 0.1) is 11.8 Å². The number of nitrogens with two attached hydrogens (primary N) is 1. The van der Waals surface area contributed by atoms with Crippen LogP contribution in [0.2, 0.25) is 0 Å². The molecular formula is C16H24N2O2S. The molecule has 5 heteroatoms. The first-order chi connectivity index (χ1) is 10.1. The fourth-order valence-electron chi connectivity index (χ4n) is 3.36. The van der Waals surface area contributed by atoms with Crippen LogP contribution in [0.4, 0.5) is 5.00 Å². The van der Waals surface area contributed by atoms with Crippen molar-refractivity contribution < 1.29 is 9.53 Å². The lowest BCUT2D eigenvalue weighted by Crippen LogP contribution is -2.41. The molecule has 1 atom stereocenters. The third-order valence-corrected chi connectivity index (χ3v) is 5.87. The number of carbonyl (C=O) groups is 1. The second-order valence-electron chi connectivity index (χ2n) is 6.39. The lowest BCUT2D eigenvalue weighted by Gasteiger charge is -2.29. The molecule has 3 rings (SSSR count). The summed E-state index contributed by atoms with van der Waals surface area (Å²) in [5.74, 6) is 1.53. The highest BCUT2D eigenvalue weighted by Gasteiger charge is 2.31. The van der Waals surface area contributed by atoms with Crippen molar-refractivity contribution in [3.63, 3.8) is 0 Å². The van der Waals surface area contributed by atoms with Crippen LogP contribution in [0.5, 0.6) is 0 Å². The maximum absolute atomic E-state index is 12.8. The first-order valence-electron chi connectivity index (χ1n) is 7.85. The Balaban J connectivity index is 1.85. The molecule has 0 aromatic carbocycles. The van der Waals surface area contributed by atoms with Crippen molar-refractivity contribution in [1.29, 1.82) is 0 Å². The molecule has 116 valence electrons. The van der Waals surface area contributed by atoms with Gasteiger partial charge in [-0.3, -0.25) is 4.79 Å². The summed E-state index contributed by atoms with van der Waals surface area (Å²) in [5.41, 5.74) is 8.21. The molecule has 1 aromatic rings. The number of amides is 1. The molecule has 2 heterocycles. The molecule has 1 aliphatic heterocycles. The van der Waals surface area contributed by atoms with E-state index in [1.165, 1.54) is 16.9 Å². The summed E-state index contributed by atoms with van der Waals surface area (Å²) in [6.45, 7) is 7.19. The summed E-state index contributed by atoms with van der Waals surface area (Å²) >= 11 is 1.63. The predicted octanol–water partition coefficient (Wildman–Crippen LogP) is 2.56. The average molecular weight is 308 g/mol. The molecule has 0 saturated carbocycles. The topological polar surface area (TPSA) is 55.6 Å². The maximum atomic E-state index is 12.8. The molecule has 1 fully saturated rings. The largest absolute Gasteiger partial charge is 0.390 e. The monoisotopic (exact) mass is 308 g/mol. The molecule has 0 spiro atoms. The minimum atomic E-state index is 0.108. The summed E-state index contributed by atoms with van der Waals surface area (Å²) in [7, 11) is 0. The van der Waals surface area contributed by atoms with Crippen LogP contribution in [0.25, 0.3) is 0 Å². The van der Waals surface area contributed by atoms with E-state index in [4.69, 9.17) is 10.5 Å². The van der Waals surface area contributed by atoms with E-state index >= 15 is 0 Å². The highest BCUT2D eigenvalue weighted by Crippen LogP contribution is 2.40. The molecule has 1 amide bonds. The van der Waals surface area contributed by atoms with Crippen LogP contribution in [0.1, 0.15) is 41.1 Å². The number of carbonyl (C=O) groups excluding carboxylic acids is 1. The number of hydrogen-bond acceptors (Lipinski definition) is 4. The van der Waals surface area contributed by atoms with Crippen LogP contribution in [-0.4, -0.2) is 37.1 Å². The standard InChI is InChI=1S/C16H24N2O2S/c1-10(2)11-3-4-12-13(9-11)21-15(17)14(12)16(19)18-5-7-20-8-6-18/h10-11H,3-9,17H2,1-2H3. The number of ether oxygens (including phenoxy) is 1. The number of morpholine rings is 1. The number of fused-ring (bicyclic) bond motifs is 1. The quantitative estimate of drug-likeness (QED) is 0.913. The third kappa shape index (κ3) is 2.81. The van der Waals surface area contributed by atoms with Crippen molar-refractivity contribution in [3.8, 4) is 0 Å². The first kappa shape index (κ1) is 14.9. The van der Waals surface area contributed by atoms with Gasteiger partial charge in [0.05, 0.1) is 23.8 Å². The van der Waals surface area contributed by atoms with Crippen LogP contribution < -0.4 is 5.73 Å². The van der Waals surface area contributed by atoms with Crippen molar-refractivity contribution >= 4 is 22.2 Å². The second-order valence-corrected chi connectivity index (χ2v) is 7.53. The van der Waals surface area contributed by atoms with Gasteiger partial charge in [0, 0.05) is 18.0 Å². The first-order valence-corrected chi connectivity index (χ1v) is 8.66. The highest BCUT2D eigenvalue weighted by atomic mass is 32.1. The van der Waals surface area contributed by atoms with Gasteiger partial charge in [0.25, 0.3) is 5.91 Å². The van der Waals surface area contributed by atoms with Crippen LogP contribution in [0.15, 0.2) is 0 Å². The van der Waals surface area contributed by atoms with E-state index in [2.05, 4.69) is 13.8 Å². The summed E-state index contributed by atoms with van der Waals surface area (Å²) in [6.07, 6.45) is 3.25. The molecule has 1 saturated heterocycles. The highest BCUT2D eigenvalue weighted by molar-refractivity contribution is 7.16. The van der Waals surface area contributed by atoms with Gasteiger partial charge in [-0.2, -0.15) is 0 Å². The van der Waals surface area contributed by atoms with E-state index in [1.807, 2.05) is 4.90 Å². The minimum Gasteiger partial charge on any atom is -0.390 e. The Hall–Kier alpha value is -1.07. The Bertz CT molecular complexity index is 533. The fourth-order valence-corrected chi connectivity index (χ4v) is 4.56.